The highest BCUT2D eigenvalue weighted by Gasteiger charge is 2.19. The SMILES string of the molecule is c1ccc(COc2cc(CNC3CC3)ccn2)cc1. The van der Waals surface area contributed by atoms with Crippen LogP contribution in [0.25, 0.3) is 0 Å². The average Bonchev–Trinajstić information content (AvgIpc) is 3.29. The van der Waals surface area contributed by atoms with E-state index in [0.29, 0.717) is 12.5 Å². The van der Waals surface area contributed by atoms with Gasteiger partial charge < -0.3 is 10.1 Å². The Morgan fingerprint density at radius 2 is 1.95 bits per heavy atom. The third kappa shape index (κ3) is 3.80. The molecule has 0 bridgehead atoms. The smallest absolute Gasteiger partial charge is 0.213 e. The van der Waals surface area contributed by atoms with Crippen LogP contribution in [0.1, 0.15) is 24.0 Å². The fourth-order valence-electron chi connectivity index (χ4n) is 1.92. The van der Waals surface area contributed by atoms with Gasteiger partial charge in [0.15, 0.2) is 0 Å². The maximum atomic E-state index is 5.72. The molecule has 1 aromatic carbocycles. The fourth-order valence-corrected chi connectivity index (χ4v) is 1.92. The number of hydrogen-bond acceptors (Lipinski definition) is 3. The van der Waals surface area contributed by atoms with Crippen LogP contribution in [0.15, 0.2) is 48.7 Å². The Kier molecular flexibility index (Phi) is 3.75. The van der Waals surface area contributed by atoms with Crippen molar-refractivity contribution in [1.29, 1.82) is 0 Å². The molecule has 2 aromatic rings. The summed E-state index contributed by atoms with van der Waals surface area (Å²) in [6.45, 7) is 1.46. The van der Waals surface area contributed by atoms with Crippen LogP contribution < -0.4 is 10.1 Å². The molecule has 1 heterocycles. The van der Waals surface area contributed by atoms with Gasteiger partial charge in [-0.15, -0.1) is 0 Å². The normalized spacial score (nSPS) is 14.3. The zero-order valence-electron chi connectivity index (χ0n) is 10.9. The monoisotopic (exact) mass is 254 g/mol. The van der Waals surface area contributed by atoms with E-state index in [-0.39, 0.29) is 0 Å². The number of hydrogen-bond donors (Lipinski definition) is 1. The lowest BCUT2D eigenvalue weighted by atomic mass is 10.2. The highest BCUT2D eigenvalue weighted by atomic mass is 16.5. The Bertz CT molecular complexity index is 523. The Morgan fingerprint density at radius 1 is 1.11 bits per heavy atom. The standard InChI is InChI=1S/C16H18N2O/c1-2-4-13(5-3-1)12-19-16-10-14(8-9-17-16)11-18-15-6-7-15/h1-5,8-10,15,18H,6-7,11-12H2. The van der Waals surface area contributed by atoms with E-state index in [1.807, 2.05) is 36.5 Å². The summed E-state index contributed by atoms with van der Waals surface area (Å²) in [4.78, 5) is 4.25. The van der Waals surface area contributed by atoms with Crippen molar-refractivity contribution in [3.05, 3.63) is 59.8 Å². The summed E-state index contributed by atoms with van der Waals surface area (Å²) in [6.07, 6.45) is 4.43. The molecule has 0 spiro atoms. The van der Waals surface area contributed by atoms with Gasteiger partial charge >= 0.3 is 0 Å². The number of rotatable bonds is 6. The maximum absolute atomic E-state index is 5.72. The second-order valence-electron chi connectivity index (χ2n) is 4.93. The number of ether oxygens (including phenoxy) is 1. The lowest BCUT2D eigenvalue weighted by molar-refractivity contribution is 0.293. The lowest BCUT2D eigenvalue weighted by Gasteiger charge is -2.07. The summed E-state index contributed by atoms with van der Waals surface area (Å²) in [5, 5.41) is 3.49. The molecule has 3 heteroatoms. The minimum atomic E-state index is 0.563. The minimum Gasteiger partial charge on any atom is -0.473 e. The maximum Gasteiger partial charge on any atom is 0.213 e. The van der Waals surface area contributed by atoms with E-state index < -0.39 is 0 Å². The van der Waals surface area contributed by atoms with E-state index in [4.69, 9.17) is 4.74 Å². The highest BCUT2D eigenvalue weighted by Crippen LogP contribution is 2.19. The molecule has 0 saturated heterocycles. The van der Waals surface area contributed by atoms with E-state index in [9.17, 15) is 0 Å². The summed E-state index contributed by atoms with van der Waals surface area (Å²) in [7, 11) is 0. The molecule has 1 fully saturated rings. The molecule has 98 valence electrons. The number of pyridine rings is 1. The Morgan fingerprint density at radius 3 is 2.74 bits per heavy atom. The molecule has 1 aliphatic carbocycles. The predicted molar refractivity (Wildman–Crippen MR) is 74.9 cm³/mol. The zero-order valence-corrected chi connectivity index (χ0v) is 10.9. The molecule has 3 nitrogen and oxygen atoms in total. The summed E-state index contributed by atoms with van der Waals surface area (Å²) < 4.78 is 5.72. The van der Waals surface area contributed by atoms with Gasteiger partial charge in [0.25, 0.3) is 0 Å². The van der Waals surface area contributed by atoms with Crippen LogP contribution in [0.3, 0.4) is 0 Å². The van der Waals surface area contributed by atoms with Gasteiger partial charge in [-0.1, -0.05) is 30.3 Å². The van der Waals surface area contributed by atoms with E-state index in [1.54, 1.807) is 0 Å². The number of nitrogens with zero attached hydrogens (tertiary/aromatic N) is 1. The van der Waals surface area contributed by atoms with Gasteiger partial charge in [0.05, 0.1) is 0 Å². The van der Waals surface area contributed by atoms with Crippen LogP contribution in [0.5, 0.6) is 5.88 Å². The van der Waals surface area contributed by atoms with Crippen molar-refractivity contribution in [2.75, 3.05) is 0 Å². The minimum absolute atomic E-state index is 0.563. The van der Waals surface area contributed by atoms with Crippen LogP contribution in [0, 0.1) is 0 Å². The van der Waals surface area contributed by atoms with Gasteiger partial charge in [0.1, 0.15) is 6.61 Å². The van der Waals surface area contributed by atoms with Gasteiger partial charge in [0, 0.05) is 24.8 Å². The third-order valence-electron chi connectivity index (χ3n) is 3.20. The second kappa shape index (κ2) is 5.85. The van der Waals surface area contributed by atoms with Crippen LogP contribution >= 0.6 is 0 Å². The largest absolute Gasteiger partial charge is 0.473 e. The van der Waals surface area contributed by atoms with Gasteiger partial charge in [-0.2, -0.15) is 0 Å². The van der Waals surface area contributed by atoms with Crippen LogP contribution in [0.4, 0.5) is 0 Å². The van der Waals surface area contributed by atoms with Gasteiger partial charge in [-0.05, 0) is 30.0 Å². The molecule has 19 heavy (non-hydrogen) atoms. The molecule has 3 rings (SSSR count). The number of benzene rings is 1. The second-order valence-corrected chi connectivity index (χ2v) is 4.93. The Labute approximate surface area is 113 Å². The van der Waals surface area contributed by atoms with Crippen LogP contribution in [0.2, 0.25) is 0 Å². The molecule has 0 unspecified atom stereocenters. The topological polar surface area (TPSA) is 34.1 Å². The van der Waals surface area contributed by atoms with Crippen molar-refractivity contribution in [3.8, 4) is 5.88 Å². The van der Waals surface area contributed by atoms with Crippen LogP contribution in [-0.2, 0) is 13.2 Å². The summed E-state index contributed by atoms with van der Waals surface area (Å²) in [5.74, 6) is 0.693. The molecule has 1 saturated carbocycles. The molecular formula is C16H18N2O. The fraction of sp³-hybridized carbons (Fsp3) is 0.312. The molecule has 0 amide bonds. The molecule has 1 aromatic heterocycles. The third-order valence-corrected chi connectivity index (χ3v) is 3.20. The van der Waals surface area contributed by atoms with E-state index in [1.165, 1.54) is 18.4 Å². The van der Waals surface area contributed by atoms with Crippen molar-refractivity contribution in [3.63, 3.8) is 0 Å². The molecule has 0 aliphatic heterocycles. The van der Waals surface area contributed by atoms with Crippen LogP contribution in [-0.4, -0.2) is 11.0 Å². The van der Waals surface area contributed by atoms with E-state index in [0.717, 1.165) is 18.2 Å². The molecular weight excluding hydrogens is 236 g/mol. The summed E-state index contributed by atoms with van der Waals surface area (Å²) >= 11 is 0. The summed E-state index contributed by atoms with van der Waals surface area (Å²) in [6, 6.07) is 14.9. The predicted octanol–water partition coefficient (Wildman–Crippen LogP) is 2.91. The quantitative estimate of drug-likeness (QED) is 0.860. The first-order valence-corrected chi connectivity index (χ1v) is 6.75. The van der Waals surface area contributed by atoms with Crippen molar-refractivity contribution < 1.29 is 4.74 Å². The number of aromatic nitrogens is 1. The first kappa shape index (κ1) is 12.2. The van der Waals surface area contributed by atoms with Crippen molar-refractivity contribution in [1.82, 2.24) is 10.3 Å². The van der Waals surface area contributed by atoms with Crippen molar-refractivity contribution in [2.24, 2.45) is 0 Å². The first-order valence-electron chi connectivity index (χ1n) is 6.75. The zero-order chi connectivity index (χ0) is 12.9. The molecule has 0 atom stereocenters. The summed E-state index contributed by atoms with van der Waals surface area (Å²) in [5.41, 5.74) is 2.38. The Balaban J connectivity index is 1.56. The first-order chi connectivity index (χ1) is 9.40. The van der Waals surface area contributed by atoms with Gasteiger partial charge in [0.2, 0.25) is 5.88 Å². The molecule has 0 radical (unpaired) electrons. The average molecular weight is 254 g/mol. The lowest BCUT2D eigenvalue weighted by Crippen LogP contribution is -2.15. The Hall–Kier alpha value is -1.87. The van der Waals surface area contributed by atoms with E-state index >= 15 is 0 Å². The molecule has 1 N–H and O–H groups in total. The number of nitrogens with one attached hydrogen (secondary N) is 1. The van der Waals surface area contributed by atoms with Crippen molar-refractivity contribution >= 4 is 0 Å². The van der Waals surface area contributed by atoms with Gasteiger partial charge in [-0.3, -0.25) is 0 Å². The van der Waals surface area contributed by atoms with Crippen molar-refractivity contribution in [2.45, 2.75) is 32.0 Å². The highest BCUT2D eigenvalue weighted by molar-refractivity contribution is 5.21. The van der Waals surface area contributed by atoms with Gasteiger partial charge in [-0.25, -0.2) is 4.98 Å². The molecule has 1 aliphatic rings. The van der Waals surface area contributed by atoms with E-state index in [2.05, 4.69) is 22.4 Å².